The Morgan fingerprint density at radius 2 is 1.29 bits per heavy atom. The molecule has 2 N–H and O–H groups in total. The first-order valence-electron chi connectivity index (χ1n) is 11.1. The molecule has 0 saturated heterocycles. The molecule has 170 valence electrons. The number of carbonyl (C=O) groups is 1. The molecule has 4 aromatic rings. The van der Waals surface area contributed by atoms with E-state index < -0.39 is 5.97 Å². The molecule has 0 radical (unpaired) electrons. The van der Waals surface area contributed by atoms with Gasteiger partial charge in [0.1, 0.15) is 5.71 Å². The Morgan fingerprint density at radius 3 is 1.85 bits per heavy atom. The molecule has 0 saturated carbocycles. The van der Waals surface area contributed by atoms with Crippen LogP contribution in [0.2, 0.25) is 0 Å². The number of nitrogens with zero attached hydrogens (tertiary/aromatic N) is 1. The van der Waals surface area contributed by atoms with E-state index in [1.54, 1.807) is 12.1 Å². The van der Waals surface area contributed by atoms with Gasteiger partial charge < -0.3 is 15.0 Å². The molecule has 0 heterocycles. The molecule has 4 rings (SSSR count). The van der Waals surface area contributed by atoms with Crippen LogP contribution in [-0.4, -0.2) is 18.8 Å². The van der Waals surface area contributed by atoms with E-state index in [0.29, 0.717) is 11.3 Å². The molecule has 0 atom stereocenters. The Bertz CT molecular complexity index is 1200. The van der Waals surface area contributed by atoms with Gasteiger partial charge in [0.15, 0.2) is 0 Å². The highest BCUT2D eigenvalue weighted by Crippen LogP contribution is 2.26. The highest BCUT2D eigenvalue weighted by Gasteiger charge is 2.16. The van der Waals surface area contributed by atoms with E-state index in [-0.39, 0.29) is 5.71 Å². The summed E-state index contributed by atoms with van der Waals surface area (Å²) in [5, 5.41) is 11.5. The molecule has 5 nitrogen and oxygen atoms in total. The fourth-order valence-electron chi connectivity index (χ4n) is 3.78. The average molecular weight is 450 g/mol. The minimum absolute atomic E-state index is 0.181. The van der Waals surface area contributed by atoms with Gasteiger partial charge in [-0.2, -0.15) is 0 Å². The average Bonchev–Trinajstić information content (AvgIpc) is 2.89. The number of anilines is 3. The summed E-state index contributed by atoms with van der Waals surface area (Å²) >= 11 is 0. The third-order valence-corrected chi connectivity index (χ3v) is 5.53. The maximum atomic E-state index is 11.9. The summed E-state index contributed by atoms with van der Waals surface area (Å²) in [7, 11) is 1.28. The smallest absolute Gasteiger partial charge is 0.356 e. The van der Waals surface area contributed by atoms with Crippen LogP contribution in [0.25, 0.3) is 0 Å². The van der Waals surface area contributed by atoms with E-state index in [4.69, 9.17) is 10.1 Å². The van der Waals surface area contributed by atoms with E-state index >= 15 is 0 Å². The molecule has 4 aromatic carbocycles. The maximum absolute atomic E-state index is 11.9. The van der Waals surface area contributed by atoms with E-state index in [1.165, 1.54) is 18.2 Å². The van der Waals surface area contributed by atoms with Gasteiger partial charge in [0.05, 0.1) is 7.11 Å². The Hall–Kier alpha value is -4.38. The Morgan fingerprint density at radius 1 is 0.765 bits per heavy atom. The molecule has 0 aliphatic heterocycles. The lowest BCUT2D eigenvalue weighted by Crippen LogP contribution is -2.22. The highest BCUT2D eigenvalue weighted by atomic mass is 16.5. The Balaban J connectivity index is 1.56. The molecule has 0 aliphatic carbocycles. The SMILES string of the molecule is COC(=O)C(=N)c1ccccc1Nc1ccc(N(Cc2ccccc2)Cc2ccccc2)cc1. The molecule has 0 spiro atoms. The predicted molar refractivity (Wildman–Crippen MR) is 138 cm³/mol. The van der Waals surface area contributed by atoms with Crippen molar-refractivity contribution in [1.82, 2.24) is 0 Å². The first-order chi connectivity index (χ1) is 16.6. The molecule has 0 aromatic heterocycles. The molecule has 0 unspecified atom stereocenters. The minimum atomic E-state index is -0.665. The number of carbonyl (C=O) groups excluding carboxylic acids is 1. The summed E-state index contributed by atoms with van der Waals surface area (Å²) in [4.78, 5) is 14.2. The Labute approximate surface area is 200 Å². The second-order valence-corrected chi connectivity index (χ2v) is 7.91. The lowest BCUT2D eigenvalue weighted by molar-refractivity contribution is -0.132. The first-order valence-corrected chi connectivity index (χ1v) is 11.1. The van der Waals surface area contributed by atoms with Crippen molar-refractivity contribution in [1.29, 1.82) is 5.41 Å². The molecule has 0 amide bonds. The molecule has 5 heteroatoms. The van der Waals surface area contributed by atoms with Gasteiger partial charge in [-0.25, -0.2) is 4.79 Å². The first kappa shape index (κ1) is 22.8. The molecular formula is C29H27N3O2. The van der Waals surface area contributed by atoms with Crippen LogP contribution < -0.4 is 10.2 Å². The van der Waals surface area contributed by atoms with E-state index in [1.807, 2.05) is 36.4 Å². The largest absolute Gasteiger partial charge is 0.464 e. The van der Waals surface area contributed by atoms with Crippen LogP contribution in [0, 0.1) is 5.41 Å². The van der Waals surface area contributed by atoms with Gasteiger partial charge in [0.2, 0.25) is 0 Å². The van der Waals surface area contributed by atoms with Gasteiger partial charge in [0.25, 0.3) is 0 Å². The van der Waals surface area contributed by atoms with Crippen molar-refractivity contribution in [2.75, 3.05) is 17.3 Å². The van der Waals surface area contributed by atoms with Crippen molar-refractivity contribution >= 4 is 28.7 Å². The van der Waals surface area contributed by atoms with Crippen molar-refractivity contribution in [2.45, 2.75) is 13.1 Å². The van der Waals surface area contributed by atoms with Gasteiger partial charge in [-0.15, -0.1) is 0 Å². The van der Waals surface area contributed by atoms with Gasteiger partial charge in [0, 0.05) is 35.7 Å². The maximum Gasteiger partial charge on any atom is 0.356 e. The van der Waals surface area contributed by atoms with Gasteiger partial charge in [-0.1, -0.05) is 78.9 Å². The number of rotatable bonds is 9. The number of esters is 1. The fraction of sp³-hybridized carbons (Fsp3) is 0.103. The third kappa shape index (κ3) is 5.70. The summed E-state index contributed by atoms with van der Waals surface area (Å²) in [5.74, 6) is -0.665. The van der Waals surface area contributed by atoms with Crippen LogP contribution in [0.4, 0.5) is 17.1 Å². The quantitative estimate of drug-likeness (QED) is 0.237. The summed E-state index contributed by atoms with van der Waals surface area (Å²) in [5.41, 5.74) is 5.46. The van der Waals surface area contributed by atoms with Crippen molar-refractivity contribution < 1.29 is 9.53 Å². The number of benzene rings is 4. The summed E-state index contributed by atoms with van der Waals surface area (Å²) in [6.07, 6.45) is 0. The number of para-hydroxylation sites is 1. The molecule has 0 bridgehead atoms. The van der Waals surface area contributed by atoms with E-state index in [9.17, 15) is 4.79 Å². The second kappa shape index (κ2) is 11.0. The zero-order chi connectivity index (χ0) is 23.8. The lowest BCUT2D eigenvalue weighted by atomic mass is 10.1. The Kier molecular flexibility index (Phi) is 7.35. The molecule has 0 aliphatic rings. The number of hydrogen-bond acceptors (Lipinski definition) is 5. The molecule has 0 fully saturated rings. The van der Waals surface area contributed by atoms with Crippen molar-refractivity contribution in [3.63, 3.8) is 0 Å². The zero-order valence-corrected chi connectivity index (χ0v) is 19.1. The van der Waals surface area contributed by atoms with Crippen LogP contribution in [-0.2, 0) is 22.6 Å². The zero-order valence-electron chi connectivity index (χ0n) is 19.1. The van der Waals surface area contributed by atoms with Crippen LogP contribution in [0.15, 0.2) is 109 Å². The number of hydrogen-bond donors (Lipinski definition) is 2. The van der Waals surface area contributed by atoms with Gasteiger partial charge in [-0.05, 0) is 41.5 Å². The normalized spacial score (nSPS) is 10.4. The van der Waals surface area contributed by atoms with Crippen LogP contribution in [0.1, 0.15) is 16.7 Å². The predicted octanol–water partition coefficient (Wildman–Crippen LogP) is 6.18. The fourth-order valence-corrected chi connectivity index (χ4v) is 3.78. The molecular weight excluding hydrogens is 422 g/mol. The van der Waals surface area contributed by atoms with Crippen LogP contribution >= 0.6 is 0 Å². The summed E-state index contributed by atoms with van der Waals surface area (Å²) in [6, 6.07) is 36.3. The van der Waals surface area contributed by atoms with Gasteiger partial charge >= 0.3 is 5.97 Å². The van der Waals surface area contributed by atoms with Crippen LogP contribution in [0.3, 0.4) is 0 Å². The second-order valence-electron chi connectivity index (χ2n) is 7.91. The van der Waals surface area contributed by atoms with Crippen LogP contribution in [0.5, 0.6) is 0 Å². The van der Waals surface area contributed by atoms with E-state index in [0.717, 1.165) is 24.5 Å². The number of nitrogens with one attached hydrogen (secondary N) is 2. The monoisotopic (exact) mass is 449 g/mol. The van der Waals surface area contributed by atoms with Crippen molar-refractivity contribution in [3.8, 4) is 0 Å². The van der Waals surface area contributed by atoms with E-state index in [2.05, 4.69) is 70.9 Å². The number of ether oxygens (including phenoxy) is 1. The third-order valence-electron chi connectivity index (χ3n) is 5.53. The topological polar surface area (TPSA) is 65.4 Å². The molecule has 34 heavy (non-hydrogen) atoms. The van der Waals surface area contributed by atoms with Crippen molar-refractivity contribution in [2.24, 2.45) is 0 Å². The highest BCUT2D eigenvalue weighted by molar-refractivity contribution is 6.43. The number of methoxy groups -OCH3 is 1. The summed E-state index contributed by atoms with van der Waals surface area (Å²) in [6.45, 7) is 1.59. The van der Waals surface area contributed by atoms with Gasteiger partial charge in [-0.3, -0.25) is 5.41 Å². The summed E-state index contributed by atoms with van der Waals surface area (Å²) < 4.78 is 4.71. The van der Waals surface area contributed by atoms with Crippen molar-refractivity contribution in [3.05, 3.63) is 126 Å². The minimum Gasteiger partial charge on any atom is -0.464 e. The standard InChI is InChI=1S/C29H27N3O2/c1-34-29(33)28(30)26-14-8-9-15-27(26)31-24-16-18-25(19-17-24)32(20-22-10-4-2-5-11-22)21-23-12-6-3-7-13-23/h2-19,30-31H,20-21H2,1H3. The lowest BCUT2D eigenvalue weighted by Gasteiger charge is -2.26.